The lowest BCUT2D eigenvalue weighted by Gasteiger charge is -2.31. The number of benzene rings is 2. The van der Waals surface area contributed by atoms with E-state index in [1.54, 1.807) is 23.1 Å². The molecule has 1 aliphatic heterocycles. The van der Waals surface area contributed by atoms with Crippen LogP contribution in [0.15, 0.2) is 59.6 Å². The highest BCUT2D eigenvalue weighted by Crippen LogP contribution is 2.37. The van der Waals surface area contributed by atoms with Gasteiger partial charge in [0.15, 0.2) is 5.50 Å². The van der Waals surface area contributed by atoms with Crippen molar-refractivity contribution in [2.75, 3.05) is 17.7 Å². The average molecular weight is 462 g/mol. The third-order valence-corrected chi connectivity index (χ3v) is 7.10. The van der Waals surface area contributed by atoms with Crippen LogP contribution in [0.5, 0.6) is 0 Å². The summed E-state index contributed by atoms with van der Waals surface area (Å²) in [6.07, 6.45) is -0.112. The van der Waals surface area contributed by atoms with Crippen molar-refractivity contribution in [2.24, 2.45) is 4.99 Å². The van der Waals surface area contributed by atoms with E-state index in [0.29, 0.717) is 6.19 Å². The molecule has 0 bridgehead atoms. The van der Waals surface area contributed by atoms with Crippen molar-refractivity contribution in [1.82, 2.24) is 0 Å². The molecule has 1 aromatic heterocycles. The van der Waals surface area contributed by atoms with Gasteiger partial charge in [-0.2, -0.15) is 13.2 Å². The predicted molar refractivity (Wildman–Crippen MR) is 127 cm³/mol. The molecule has 0 spiro atoms. The zero-order valence-electron chi connectivity index (χ0n) is 18.2. The number of aliphatic imine (C=N–C) groups is 1. The van der Waals surface area contributed by atoms with E-state index in [2.05, 4.69) is 16.8 Å². The summed E-state index contributed by atoms with van der Waals surface area (Å²) in [5.74, 6) is 0. The van der Waals surface area contributed by atoms with Crippen molar-refractivity contribution in [2.45, 2.75) is 31.4 Å². The van der Waals surface area contributed by atoms with Crippen LogP contribution in [0.3, 0.4) is 0 Å². The molecule has 0 N–H and O–H groups in total. The lowest BCUT2D eigenvalue weighted by Crippen LogP contribution is -2.34. The van der Waals surface area contributed by atoms with Gasteiger partial charge in [0.25, 0.3) is 0 Å². The summed E-state index contributed by atoms with van der Waals surface area (Å²) in [5, 5.41) is 1.12. The predicted octanol–water partition coefficient (Wildman–Crippen LogP) is 7.26. The van der Waals surface area contributed by atoms with Gasteiger partial charge in [0.1, 0.15) is 5.00 Å². The van der Waals surface area contributed by atoms with Gasteiger partial charge in [0.05, 0.1) is 6.93 Å². The second kappa shape index (κ2) is 9.09. The Morgan fingerprint density at radius 2 is 1.74 bits per heavy atom. The minimum absolute atomic E-state index is 0.0740. The number of nitrogens with zero attached hydrogens (tertiary/aromatic N) is 2. The molecule has 2 heterocycles. The molecule has 4 rings (SSSR count). The molecule has 0 aliphatic carbocycles. The van der Waals surface area contributed by atoms with E-state index < -0.39 is 11.7 Å². The van der Waals surface area contributed by atoms with Crippen molar-refractivity contribution in [3.8, 4) is 11.1 Å². The largest absolute Gasteiger partial charge is 0.416 e. The Bertz CT molecular complexity index is 1110. The molecular weight excluding hydrogens is 437 g/mol. The SMILES string of the molecule is [2H]C1=NC(SC)N(CCCc2ccc(-c3ccc(C(F)(F)F)cc3)cc2)c2sc(C)cc21. The number of thioether (sulfide) groups is 1. The highest BCUT2D eigenvalue weighted by molar-refractivity contribution is 7.99. The molecule has 7 heteroatoms. The first-order chi connectivity index (χ1) is 15.3. The van der Waals surface area contributed by atoms with Crippen molar-refractivity contribution < 1.29 is 14.5 Å². The van der Waals surface area contributed by atoms with Gasteiger partial charge in [-0.25, -0.2) is 0 Å². The molecule has 1 unspecified atom stereocenters. The van der Waals surface area contributed by atoms with Crippen LogP contribution in [0.2, 0.25) is 0 Å². The minimum atomic E-state index is -4.32. The van der Waals surface area contributed by atoms with Gasteiger partial charge < -0.3 is 4.90 Å². The maximum atomic E-state index is 12.8. The summed E-state index contributed by atoms with van der Waals surface area (Å²) in [4.78, 5) is 8.00. The molecule has 2 nitrogen and oxygen atoms in total. The Hall–Kier alpha value is -2.25. The summed E-state index contributed by atoms with van der Waals surface area (Å²) in [6.45, 7) is 2.90. The fourth-order valence-electron chi connectivity index (χ4n) is 3.65. The first kappa shape index (κ1) is 20.6. The molecule has 31 heavy (non-hydrogen) atoms. The number of aryl methyl sites for hydroxylation is 2. The molecule has 0 radical (unpaired) electrons. The van der Waals surface area contributed by atoms with E-state index in [4.69, 9.17) is 1.37 Å². The second-order valence-corrected chi connectivity index (χ2v) is 9.58. The Labute approximate surface area is 190 Å². The first-order valence-electron chi connectivity index (χ1n) is 10.5. The molecule has 0 saturated carbocycles. The van der Waals surface area contributed by atoms with E-state index in [0.717, 1.165) is 53.2 Å². The number of fused-ring (bicyclic) bond motifs is 1. The molecule has 1 atom stereocenters. The number of alkyl halides is 3. The smallest absolute Gasteiger partial charge is 0.332 e. The number of hydrogen-bond donors (Lipinski definition) is 0. The van der Waals surface area contributed by atoms with Crippen molar-refractivity contribution in [1.29, 1.82) is 0 Å². The molecule has 0 saturated heterocycles. The monoisotopic (exact) mass is 461 g/mol. The Balaban J connectivity index is 1.39. The highest BCUT2D eigenvalue weighted by atomic mass is 32.2. The maximum absolute atomic E-state index is 12.8. The lowest BCUT2D eigenvalue weighted by molar-refractivity contribution is -0.137. The molecule has 2 aromatic carbocycles. The second-order valence-electron chi connectivity index (χ2n) is 7.45. The average Bonchev–Trinajstić information content (AvgIpc) is 3.17. The first-order valence-corrected chi connectivity index (χ1v) is 12.1. The van der Waals surface area contributed by atoms with Gasteiger partial charge in [-0.15, -0.1) is 23.1 Å². The Kier molecular flexibility index (Phi) is 6.05. The third kappa shape index (κ3) is 4.99. The van der Waals surface area contributed by atoms with Gasteiger partial charge >= 0.3 is 6.18 Å². The van der Waals surface area contributed by atoms with E-state index in [1.165, 1.54) is 22.6 Å². The Morgan fingerprint density at radius 3 is 2.35 bits per heavy atom. The molecular formula is C24H23F3N2S2. The van der Waals surface area contributed by atoms with Crippen LogP contribution < -0.4 is 4.90 Å². The zero-order valence-corrected chi connectivity index (χ0v) is 18.9. The maximum Gasteiger partial charge on any atom is 0.416 e. The fourth-order valence-corrected chi connectivity index (χ4v) is 5.35. The van der Waals surface area contributed by atoms with Crippen molar-refractivity contribution in [3.05, 3.63) is 76.2 Å². The molecule has 3 aromatic rings. The van der Waals surface area contributed by atoms with E-state index in [-0.39, 0.29) is 5.50 Å². The van der Waals surface area contributed by atoms with Gasteiger partial charge in [0.2, 0.25) is 0 Å². The summed E-state index contributed by atoms with van der Waals surface area (Å²) < 4.78 is 46.5. The number of hydrogen-bond acceptors (Lipinski definition) is 4. The molecule has 1 aliphatic rings. The number of thiophene rings is 1. The summed E-state index contributed by atoms with van der Waals surface area (Å²) in [7, 11) is 0. The van der Waals surface area contributed by atoms with Crippen LogP contribution in [0.4, 0.5) is 18.2 Å². The van der Waals surface area contributed by atoms with Crippen LogP contribution >= 0.6 is 23.1 Å². The van der Waals surface area contributed by atoms with Gasteiger partial charge in [-0.3, -0.25) is 4.99 Å². The normalized spacial score (nSPS) is 16.7. The zero-order chi connectivity index (χ0) is 22.9. The van der Waals surface area contributed by atoms with Gasteiger partial charge in [-0.1, -0.05) is 36.4 Å². The van der Waals surface area contributed by atoms with Gasteiger partial charge in [0, 0.05) is 23.2 Å². The van der Waals surface area contributed by atoms with E-state index in [1.807, 2.05) is 36.6 Å². The summed E-state index contributed by atoms with van der Waals surface area (Å²) >= 11 is 3.34. The van der Waals surface area contributed by atoms with Crippen LogP contribution in [-0.4, -0.2) is 24.5 Å². The van der Waals surface area contributed by atoms with Crippen molar-refractivity contribution in [3.63, 3.8) is 0 Å². The van der Waals surface area contributed by atoms with E-state index >= 15 is 0 Å². The summed E-state index contributed by atoms with van der Waals surface area (Å²) in [6, 6.07) is 15.3. The summed E-state index contributed by atoms with van der Waals surface area (Å²) in [5.41, 5.74) is 3.06. The molecule has 162 valence electrons. The highest BCUT2D eigenvalue weighted by Gasteiger charge is 2.30. The van der Waals surface area contributed by atoms with Gasteiger partial charge in [-0.05, 0) is 60.9 Å². The molecule has 0 fully saturated rings. The topological polar surface area (TPSA) is 15.6 Å². The van der Waals surface area contributed by atoms with Crippen LogP contribution in [0.25, 0.3) is 11.1 Å². The number of rotatable bonds is 6. The van der Waals surface area contributed by atoms with Crippen LogP contribution in [-0.2, 0) is 12.6 Å². The Morgan fingerprint density at radius 1 is 1.10 bits per heavy atom. The van der Waals surface area contributed by atoms with Crippen molar-refractivity contribution >= 4 is 34.3 Å². The molecule has 0 amide bonds. The fraction of sp³-hybridized carbons (Fsp3) is 0.292. The van der Waals surface area contributed by atoms with Crippen LogP contribution in [0.1, 0.15) is 29.4 Å². The third-order valence-electron chi connectivity index (χ3n) is 5.23. The van der Waals surface area contributed by atoms with Crippen LogP contribution in [0, 0.1) is 6.92 Å². The number of halogens is 3. The quantitative estimate of drug-likeness (QED) is 0.384. The minimum Gasteiger partial charge on any atom is -0.332 e. The lowest BCUT2D eigenvalue weighted by atomic mass is 10.0. The standard InChI is InChI=1S/C24H23F3N2S2/c1-16-14-20-15-28-23(30-2)29(22(20)31-16)13-3-4-17-5-7-18(8-6-17)19-9-11-21(12-10-19)24(25,26)27/h5-12,14-15,23H,3-4,13H2,1-2H3/i15D. The van der Waals surface area contributed by atoms with E-state index in [9.17, 15) is 13.2 Å². The number of anilines is 1.